The van der Waals surface area contributed by atoms with Crippen molar-refractivity contribution < 1.29 is 22.4 Å². The number of sulfonamides is 1. The van der Waals surface area contributed by atoms with E-state index in [4.69, 9.17) is 23.2 Å². The van der Waals surface area contributed by atoms with Crippen molar-refractivity contribution in [3.05, 3.63) is 130 Å². The predicted octanol–water partition coefficient (Wildman–Crippen LogP) is 7.03. The summed E-state index contributed by atoms with van der Waals surface area (Å²) in [6, 6.07) is 26.0. The largest absolute Gasteiger partial charge is 0.352 e. The van der Waals surface area contributed by atoms with Crippen LogP contribution >= 0.6 is 23.2 Å². The number of hydrogen-bond donors (Lipinski definition) is 1. The Labute approximate surface area is 279 Å². The Morgan fingerprint density at radius 3 is 2.17 bits per heavy atom. The third kappa shape index (κ3) is 8.07. The van der Waals surface area contributed by atoms with Crippen molar-refractivity contribution in [2.24, 2.45) is 0 Å². The molecule has 0 bridgehead atoms. The summed E-state index contributed by atoms with van der Waals surface area (Å²) in [5.41, 5.74) is 0.958. The molecule has 1 fully saturated rings. The number of carbonyl (C=O) groups excluding carboxylic acids is 2. The number of carbonyl (C=O) groups is 2. The SMILES string of the molecule is O=C(NC1CCCC1)C(Cc1ccccc1)N(Cc1ccccc1F)C(=O)CN(c1cc(Cl)ccc1Cl)S(=O)(=O)c1ccccc1. The van der Waals surface area contributed by atoms with Gasteiger partial charge in [0.15, 0.2) is 0 Å². The number of rotatable bonds is 12. The van der Waals surface area contributed by atoms with Gasteiger partial charge in [-0.15, -0.1) is 0 Å². The molecule has 1 N–H and O–H groups in total. The molecule has 0 aromatic heterocycles. The van der Waals surface area contributed by atoms with Crippen LogP contribution in [0, 0.1) is 5.82 Å². The third-order valence-corrected chi connectivity index (χ3v) is 10.4. The number of benzene rings is 4. The summed E-state index contributed by atoms with van der Waals surface area (Å²) >= 11 is 12.8. The Bertz CT molecular complexity index is 1770. The molecule has 0 spiro atoms. The molecule has 46 heavy (non-hydrogen) atoms. The minimum atomic E-state index is -4.36. The van der Waals surface area contributed by atoms with Crippen molar-refractivity contribution in [1.82, 2.24) is 10.2 Å². The van der Waals surface area contributed by atoms with Crippen molar-refractivity contribution >= 4 is 50.7 Å². The molecule has 0 radical (unpaired) electrons. The van der Waals surface area contributed by atoms with E-state index < -0.39 is 40.2 Å². The number of nitrogens with zero attached hydrogens (tertiary/aromatic N) is 2. The van der Waals surface area contributed by atoms with E-state index in [1.807, 2.05) is 30.3 Å². The van der Waals surface area contributed by atoms with Gasteiger partial charge in [0.1, 0.15) is 18.4 Å². The summed E-state index contributed by atoms with van der Waals surface area (Å²) in [5.74, 6) is -1.67. The second kappa shape index (κ2) is 15.1. The van der Waals surface area contributed by atoms with Gasteiger partial charge in [-0.25, -0.2) is 12.8 Å². The first kappa shape index (κ1) is 33.4. The van der Waals surface area contributed by atoms with Gasteiger partial charge in [-0.05, 0) is 54.8 Å². The van der Waals surface area contributed by atoms with Gasteiger partial charge in [0.2, 0.25) is 11.8 Å². The highest BCUT2D eigenvalue weighted by Gasteiger charge is 2.36. The Balaban J connectivity index is 1.59. The maximum atomic E-state index is 15.1. The van der Waals surface area contributed by atoms with E-state index in [-0.39, 0.29) is 45.2 Å². The first-order chi connectivity index (χ1) is 22.1. The lowest BCUT2D eigenvalue weighted by Gasteiger charge is -2.34. The first-order valence-corrected chi connectivity index (χ1v) is 17.2. The van der Waals surface area contributed by atoms with Gasteiger partial charge in [-0.1, -0.05) is 103 Å². The van der Waals surface area contributed by atoms with E-state index in [9.17, 15) is 18.0 Å². The molecular formula is C35H34Cl2FN3O4S. The molecule has 4 aromatic rings. The van der Waals surface area contributed by atoms with Crippen LogP contribution in [0.3, 0.4) is 0 Å². The van der Waals surface area contributed by atoms with Crippen molar-refractivity contribution in [3.8, 4) is 0 Å². The lowest BCUT2D eigenvalue weighted by atomic mass is 10.0. The highest BCUT2D eigenvalue weighted by atomic mass is 35.5. The lowest BCUT2D eigenvalue weighted by molar-refractivity contribution is -0.140. The Kier molecular flexibility index (Phi) is 11.0. The lowest BCUT2D eigenvalue weighted by Crippen LogP contribution is -2.54. The Hall–Kier alpha value is -3.92. The zero-order valence-electron chi connectivity index (χ0n) is 25.0. The van der Waals surface area contributed by atoms with Crippen LogP contribution in [0.2, 0.25) is 10.0 Å². The minimum absolute atomic E-state index is 0.00720. The molecule has 4 aromatic carbocycles. The maximum absolute atomic E-state index is 15.1. The fraction of sp³-hybridized carbons (Fsp3) is 0.257. The van der Waals surface area contributed by atoms with Crippen molar-refractivity contribution in [1.29, 1.82) is 0 Å². The van der Waals surface area contributed by atoms with Crippen LogP contribution in [0.25, 0.3) is 0 Å². The molecule has 0 heterocycles. The molecule has 7 nitrogen and oxygen atoms in total. The van der Waals surface area contributed by atoms with Crippen LogP contribution in [0.1, 0.15) is 36.8 Å². The molecule has 1 saturated carbocycles. The maximum Gasteiger partial charge on any atom is 0.264 e. The zero-order valence-corrected chi connectivity index (χ0v) is 27.3. The normalized spacial score (nSPS) is 14.1. The molecule has 0 aliphatic heterocycles. The quantitative estimate of drug-likeness (QED) is 0.174. The minimum Gasteiger partial charge on any atom is -0.352 e. The van der Waals surface area contributed by atoms with E-state index >= 15 is 4.39 Å². The second-order valence-electron chi connectivity index (χ2n) is 11.2. The van der Waals surface area contributed by atoms with Crippen LogP contribution in [-0.2, 0) is 32.6 Å². The number of nitrogens with one attached hydrogen (secondary N) is 1. The highest BCUT2D eigenvalue weighted by Crippen LogP contribution is 2.33. The molecule has 1 atom stereocenters. The van der Waals surface area contributed by atoms with Gasteiger partial charge in [-0.2, -0.15) is 0 Å². The van der Waals surface area contributed by atoms with Crippen molar-refractivity contribution in [3.63, 3.8) is 0 Å². The van der Waals surface area contributed by atoms with Crippen LogP contribution < -0.4 is 9.62 Å². The molecule has 1 aliphatic rings. The van der Waals surface area contributed by atoms with Gasteiger partial charge in [-0.3, -0.25) is 13.9 Å². The Morgan fingerprint density at radius 2 is 1.50 bits per heavy atom. The summed E-state index contributed by atoms with van der Waals surface area (Å²) < 4.78 is 44.2. The monoisotopic (exact) mass is 681 g/mol. The molecular weight excluding hydrogens is 648 g/mol. The van der Waals surface area contributed by atoms with Gasteiger partial charge in [0.25, 0.3) is 10.0 Å². The van der Waals surface area contributed by atoms with Gasteiger partial charge < -0.3 is 10.2 Å². The average Bonchev–Trinajstić information content (AvgIpc) is 3.57. The molecule has 1 aliphatic carbocycles. The summed E-state index contributed by atoms with van der Waals surface area (Å²) in [4.78, 5) is 29.8. The molecule has 2 amide bonds. The van der Waals surface area contributed by atoms with Gasteiger partial charge >= 0.3 is 0 Å². The summed E-state index contributed by atoms with van der Waals surface area (Å²) in [5, 5.41) is 3.36. The summed E-state index contributed by atoms with van der Waals surface area (Å²) in [7, 11) is -4.36. The molecule has 11 heteroatoms. The molecule has 0 saturated heterocycles. The van der Waals surface area contributed by atoms with E-state index in [1.54, 1.807) is 24.3 Å². The van der Waals surface area contributed by atoms with Crippen LogP contribution in [0.5, 0.6) is 0 Å². The van der Waals surface area contributed by atoms with Crippen molar-refractivity contribution in [2.45, 2.75) is 55.6 Å². The fourth-order valence-electron chi connectivity index (χ4n) is 5.64. The van der Waals surface area contributed by atoms with E-state index in [0.29, 0.717) is 0 Å². The third-order valence-electron chi connectivity index (χ3n) is 8.06. The topological polar surface area (TPSA) is 86.8 Å². The van der Waals surface area contributed by atoms with E-state index in [0.717, 1.165) is 35.6 Å². The van der Waals surface area contributed by atoms with E-state index in [1.165, 1.54) is 53.4 Å². The van der Waals surface area contributed by atoms with Gasteiger partial charge in [0, 0.05) is 29.6 Å². The van der Waals surface area contributed by atoms with Gasteiger partial charge in [0.05, 0.1) is 15.6 Å². The Morgan fingerprint density at radius 1 is 0.870 bits per heavy atom. The molecule has 1 unspecified atom stereocenters. The standard InChI is InChI=1S/C35H34Cl2FN3O4S/c36-27-19-20-30(37)32(22-27)41(46(44,45)29-16-5-2-6-17-29)24-34(42)40(23-26-13-7-10-18-31(26)38)33(21-25-11-3-1-4-12-25)35(43)39-28-14-8-9-15-28/h1-7,10-13,16-20,22,28,33H,8-9,14-15,21,23-24H2,(H,39,43). The predicted molar refractivity (Wildman–Crippen MR) is 179 cm³/mol. The van der Waals surface area contributed by atoms with Crippen LogP contribution in [0.4, 0.5) is 10.1 Å². The zero-order chi connectivity index (χ0) is 32.7. The average molecular weight is 683 g/mol. The summed E-state index contributed by atoms with van der Waals surface area (Å²) in [6.45, 7) is -1.00. The number of amides is 2. The second-order valence-corrected chi connectivity index (χ2v) is 13.9. The van der Waals surface area contributed by atoms with E-state index in [2.05, 4.69) is 5.32 Å². The number of anilines is 1. The first-order valence-electron chi connectivity index (χ1n) is 15.0. The smallest absolute Gasteiger partial charge is 0.264 e. The molecule has 5 rings (SSSR count). The summed E-state index contributed by atoms with van der Waals surface area (Å²) in [6.07, 6.45) is 3.74. The number of halogens is 3. The van der Waals surface area contributed by atoms with Crippen molar-refractivity contribution in [2.75, 3.05) is 10.8 Å². The number of hydrogen-bond acceptors (Lipinski definition) is 4. The molecule has 240 valence electrons. The van der Waals surface area contributed by atoms with Crippen LogP contribution in [-0.4, -0.2) is 43.8 Å². The fourth-order valence-corrected chi connectivity index (χ4v) is 7.52. The highest BCUT2D eigenvalue weighted by molar-refractivity contribution is 7.92. The van der Waals surface area contributed by atoms with Crippen LogP contribution in [0.15, 0.2) is 108 Å².